The number of hydrogen-bond acceptors (Lipinski definition) is 3. The van der Waals surface area contributed by atoms with Crippen LogP contribution in [0.15, 0.2) is 0 Å². The van der Waals surface area contributed by atoms with Crippen LogP contribution >= 0.6 is 0 Å². The molecule has 1 N–H and O–H groups in total. The first-order chi connectivity index (χ1) is 7.65. The van der Waals surface area contributed by atoms with Crippen molar-refractivity contribution in [3.8, 4) is 11.8 Å². The Morgan fingerprint density at radius 3 is 2.56 bits per heavy atom. The maximum atomic E-state index is 11.8. The van der Waals surface area contributed by atoms with Crippen molar-refractivity contribution < 1.29 is 14.6 Å². The third kappa shape index (κ3) is 2.76. The van der Waals surface area contributed by atoms with Crippen LogP contribution in [0.25, 0.3) is 0 Å². The maximum Gasteiger partial charge on any atom is 0.351 e. The van der Waals surface area contributed by atoms with Crippen LogP contribution in [-0.2, 0) is 9.53 Å². The number of ether oxygens (including phenoxy) is 1. The molecule has 1 aliphatic carbocycles. The molecule has 0 spiro atoms. The molecule has 1 rings (SSSR count). The van der Waals surface area contributed by atoms with E-state index in [0.29, 0.717) is 6.42 Å². The van der Waals surface area contributed by atoms with Gasteiger partial charge in [0.25, 0.3) is 0 Å². The third-order valence-electron chi connectivity index (χ3n) is 2.99. The Morgan fingerprint density at radius 1 is 1.44 bits per heavy atom. The Kier molecular flexibility index (Phi) is 4.82. The minimum absolute atomic E-state index is 0.0643. The van der Waals surface area contributed by atoms with Crippen LogP contribution in [0, 0.1) is 17.8 Å². The third-order valence-corrected chi connectivity index (χ3v) is 2.99. The molecule has 0 aromatic rings. The number of carbonyl (C=O) groups excluding carboxylic acids is 1. The summed E-state index contributed by atoms with van der Waals surface area (Å²) in [4.78, 5) is 11.8. The van der Waals surface area contributed by atoms with Crippen LogP contribution in [-0.4, -0.2) is 23.3 Å². The van der Waals surface area contributed by atoms with Gasteiger partial charge < -0.3 is 9.84 Å². The van der Waals surface area contributed by atoms with Crippen LogP contribution in [0.3, 0.4) is 0 Å². The lowest BCUT2D eigenvalue weighted by Gasteiger charge is -2.26. The summed E-state index contributed by atoms with van der Waals surface area (Å²) in [6, 6.07) is 0. The smallest absolute Gasteiger partial charge is 0.351 e. The van der Waals surface area contributed by atoms with Gasteiger partial charge in [0, 0.05) is 12.3 Å². The lowest BCUT2D eigenvalue weighted by molar-refractivity contribution is -0.163. The molecule has 90 valence electrons. The van der Waals surface area contributed by atoms with Gasteiger partial charge in [0.05, 0.1) is 6.61 Å². The minimum atomic E-state index is -1.58. The SMILES string of the molecule is CCC#C[C@@](O)(C(=O)OCC)C1CCCC1. The summed E-state index contributed by atoms with van der Waals surface area (Å²) in [6.45, 7) is 3.91. The summed E-state index contributed by atoms with van der Waals surface area (Å²) in [5, 5.41) is 10.4. The van der Waals surface area contributed by atoms with Crippen molar-refractivity contribution in [2.24, 2.45) is 5.92 Å². The highest BCUT2D eigenvalue weighted by molar-refractivity contribution is 5.83. The van der Waals surface area contributed by atoms with Gasteiger partial charge in [-0.1, -0.05) is 31.6 Å². The Morgan fingerprint density at radius 2 is 2.06 bits per heavy atom. The van der Waals surface area contributed by atoms with E-state index >= 15 is 0 Å². The van der Waals surface area contributed by atoms with Gasteiger partial charge in [-0.05, 0) is 19.8 Å². The van der Waals surface area contributed by atoms with Gasteiger partial charge >= 0.3 is 5.97 Å². The van der Waals surface area contributed by atoms with E-state index in [9.17, 15) is 9.90 Å². The quantitative estimate of drug-likeness (QED) is 0.588. The average molecular weight is 224 g/mol. The minimum Gasteiger partial charge on any atom is -0.463 e. The lowest BCUT2D eigenvalue weighted by atomic mass is 9.86. The second-order valence-electron chi connectivity index (χ2n) is 4.12. The first kappa shape index (κ1) is 13.1. The van der Waals surface area contributed by atoms with Crippen LogP contribution in [0.2, 0.25) is 0 Å². The molecule has 1 atom stereocenters. The molecule has 1 saturated carbocycles. The zero-order chi connectivity index (χ0) is 12.0. The predicted octanol–water partition coefficient (Wildman–Crippen LogP) is 1.88. The van der Waals surface area contributed by atoms with Crippen molar-refractivity contribution in [3.05, 3.63) is 0 Å². The molecule has 0 radical (unpaired) electrons. The molecule has 3 nitrogen and oxygen atoms in total. The summed E-state index contributed by atoms with van der Waals surface area (Å²) in [5.41, 5.74) is -1.58. The van der Waals surface area contributed by atoms with Crippen molar-refractivity contribution in [2.45, 2.75) is 51.6 Å². The first-order valence-corrected chi connectivity index (χ1v) is 6.04. The molecule has 0 unspecified atom stereocenters. The molecule has 0 saturated heterocycles. The van der Waals surface area contributed by atoms with E-state index in [0.717, 1.165) is 25.7 Å². The predicted molar refractivity (Wildman–Crippen MR) is 61.6 cm³/mol. The highest BCUT2D eigenvalue weighted by Gasteiger charge is 2.45. The Labute approximate surface area is 97.2 Å². The van der Waals surface area contributed by atoms with Crippen LogP contribution in [0.1, 0.15) is 46.0 Å². The second-order valence-corrected chi connectivity index (χ2v) is 4.12. The molecule has 1 fully saturated rings. The fourth-order valence-corrected chi connectivity index (χ4v) is 2.13. The number of rotatable bonds is 3. The molecule has 0 bridgehead atoms. The van der Waals surface area contributed by atoms with Gasteiger partial charge in [-0.3, -0.25) is 0 Å². The molecule has 0 aromatic heterocycles. The van der Waals surface area contributed by atoms with Crippen molar-refractivity contribution in [2.75, 3.05) is 6.61 Å². The molecule has 0 aliphatic heterocycles. The van der Waals surface area contributed by atoms with E-state index in [1.165, 1.54) is 0 Å². The largest absolute Gasteiger partial charge is 0.463 e. The number of carbonyl (C=O) groups is 1. The van der Waals surface area contributed by atoms with Gasteiger partial charge in [-0.15, -0.1) is 0 Å². The molecule has 1 aliphatic rings. The van der Waals surface area contributed by atoms with E-state index in [2.05, 4.69) is 11.8 Å². The fraction of sp³-hybridized carbons (Fsp3) is 0.769. The second kappa shape index (κ2) is 5.91. The summed E-state index contributed by atoms with van der Waals surface area (Å²) in [6.07, 6.45) is 4.45. The van der Waals surface area contributed by atoms with Crippen LogP contribution in [0.5, 0.6) is 0 Å². The molecular formula is C13H20O3. The van der Waals surface area contributed by atoms with Crippen LogP contribution < -0.4 is 0 Å². The Bertz CT molecular complexity index is 294. The Hall–Kier alpha value is -1.01. The van der Waals surface area contributed by atoms with E-state index in [1.54, 1.807) is 6.92 Å². The van der Waals surface area contributed by atoms with Gasteiger partial charge in [-0.2, -0.15) is 0 Å². The van der Waals surface area contributed by atoms with Gasteiger partial charge in [0.2, 0.25) is 5.60 Å². The number of esters is 1. The maximum absolute atomic E-state index is 11.8. The topological polar surface area (TPSA) is 46.5 Å². The van der Waals surface area contributed by atoms with Crippen molar-refractivity contribution >= 4 is 5.97 Å². The van der Waals surface area contributed by atoms with E-state index in [1.807, 2.05) is 6.92 Å². The van der Waals surface area contributed by atoms with Gasteiger partial charge in [-0.25, -0.2) is 4.79 Å². The average Bonchev–Trinajstić information content (AvgIpc) is 2.80. The molecule has 0 heterocycles. The highest BCUT2D eigenvalue weighted by Crippen LogP contribution is 2.34. The van der Waals surface area contributed by atoms with Crippen LogP contribution in [0.4, 0.5) is 0 Å². The monoisotopic (exact) mass is 224 g/mol. The van der Waals surface area contributed by atoms with E-state index in [-0.39, 0.29) is 12.5 Å². The highest BCUT2D eigenvalue weighted by atomic mass is 16.5. The summed E-state index contributed by atoms with van der Waals surface area (Å²) < 4.78 is 4.93. The summed E-state index contributed by atoms with van der Waals surface area (Å²) in [5.74, 6) is 4.86. The van der Waals surface area contributed by atoms with Gasteiger partial charge in [0.15, 0.2) is 0 Å². The molecular weight excluding hydrogens is 204 g/mol. The van der Waals surface area contributed by atoms with Crippen molar-refractivity contribution in [1.82, 2.24) is 0 Å². The van der Waals surface area contributed by atoms with Gasteiger partial charge in [0.1, 0.15) is 0 Å². The number of hydrogen-bond donors (Lipinski definition) is 1. The Balaban J connectivity index is 2.86. The van der Waals surface area contributed by atoms with Crippen molar-refractivity contribution in [1.29, 1.82) is 0 Å². The molecule has 16 heavy (non-hydrogen) atoms. The lowest BCUT2D eigenvalue weighted by Crippen LogP contribution is -2.45. The first-order valence-electron chi connectivity index (χ1n) is 6.04. The van der Waals surface area contributed by atoms with E-state index in [4.69, 9.17) is 4.74 Å². The summed E-state index contributed by atoms with van der Waals surface area (Å²) in [7, 11) is 0. The summed E-state index contributed by atoms with van der Waals surface area (Å²) >= 11 is 0. The number of aliphatic hydroxyl groups is 1. The van der Waals surface area contributed by atoms with E-state index < -0.39 is 11.6 Å². The molecule has 3 heteroatoms. The zero-order valence-corrected chi connectivity index (χ0v) is 10.1. The standard InChI is InChI=1S/C13H20O3/c1-3-5-10-13(15,12(14)16-4-2)11-8-6-7-9-11/h11,15H,3-4,6-9H2,1-2H3/t13-/m0/s1. The normalized spacial score (nSPS) is 19.7. The molecule has 0 amide bonds. The zero-order valence-electron chi connectivity index (χ0n) is 10.1. The van der Waals surface area contributed by atoms with Crippen molar-refractivity contribution in [3.63, 3.8) is 0 Å². The fourth-order valence-electron chi connectivity index (χ4n) is 2.13. The molecule has 0 aromatic carbocycles.